The summed E-state index contributed by atoms with van der Waals surface area (Å²) in [5, 5.41) is 3.39. The standard InChI is InChI=1S/C14H20N4O/c1-3-5-15-8-13-9-16-11-18(13)10-12-4-6-17-14(7-12)19-2/h4,6-7,9,11,15H,3,5,8,10H2,1-2H3. The number of rotatable bonds is 7. The fourth-order valence-electron chi connectivity index (χ4n) is 1.89. The van der Waals surface area contributed by atoms with Gasteiger partial charge in [-0.3, -0.25) is 0 Å². The summed E-state index contributed by atoms with van der Waals surface area (Å²) in [7, 11) is 1.63. The van der Waals surface area contributed by atoms with Crippen molar-refractivity contribution in [3.8, 4) is 5.88 Å². The highest BCUT2D eigenvalue weighted by atomic mass is 16.5. The smallest absolute Gasteiger partial charge is 0.213 e. The van der Waals surface area contributed by atoms with Crippen LogP contribution in [0, 0.1) is 0 Å². The van der Waals surface area contributed by atoms with E-state index in [1.807, 2.05) is 24.7 Å². The van der Waals surface area contributed by atoms with E-state index in [0.717, 1.165) is 31.6 Å². The summed E-state index contributed by atoms with van der Waals surface area (Å²) in [6.07, 6.45) is 6.66. The molecule has 1 N–H and O–H groups in total. The first-order valence-electron chi connectivity index (χ1n) is 6.52. The Morgan fingerprint density at radius 3 is 3.11 bits per heavy atom. The van der Waals surface area contributed by atoms with Crippen LogP contribution in [0.1, 0.15) is 24.6 Å². The van der Waals surface area contributed by atoms with Crippen molar-refractivity contribution in [2.24, 2.45) is 0 Å². The first-order chi connectivity index (χ1) is 9.33. The molecule has 5 heteroatoms. The third-order valence-electron chi connectivity index (χ3n) is 2.89. The molecular weight excluding hydrogens is 240 g/mol. The van der Waals surface area contributed by atoms with Crippen molar-refractivity contribution in [1.29, 1.82) is 0 Å². The Labute approximate surface area is 113 Å². The summed E-state index contributed by atoms with van der Waals surface area (Å²) in [5.74, 6) is 0.642. The lowest BCUT2D eigenvalue weighted by Crippen LogP contribution is -2.17. The van der Waals surface area contributed by atoms with Gasteiger partial charge >= 0.3 is 0 Å². The molecule has 2 heterocycles. The molecule has 0 saturated carbocycles. The van der Waals surface area contributed by atoms with Crippen LogP contribution in [0.25, 0.3) is 0 Å². The van der Waals surface area contributed by atoms with E-state index in [9.17, 15) is 0 Å². The van der Waals surface area contributed by atoms with Crippen molar-refractivity contribution in [1.82, 2.24) is 19.9 Å². The molecule has 2 rings (SSSR count). The largest absolute Gasteiger partial charge is 0.481 e. The molecule has 5 nitrogen and oxygen atoms in total. The van der Waals surface area contributed by atoms with Crippen molar-refractivity contribution in [3.63, 3.8) is 0 Å². The number of ether oxygens (including phenoxy) is 1. The highest BCUT2D eigenvalue weighted by Gasteiger charge is 2.03. The Bertz CT molecular complexity index is 510. The van der Waals surface area contributed by atoms with Crippen LogP contribution in [-0.2, 0) is 13.1 Å². The lowest BCUT2D eigenvalue weighted by Gasteiger charge is -2.09. The quantitative estimate of drug-likeness (QED) is 0.772. The first-order valence-corrected chi connectivity index (χ1v) is 6.52. The summed E-state index contributed by atoms with van der Waals surface area (Å²) in [4.78, 5) is 8.33. The Hall–Kier alpha value is -1.88. The average Bonchev–Trinajstić information content (AvgIpc) is 2.87. The van der Waals surface area contributed by atoms with Crippen molar-refractivity contribution >= 4 is 0 Å². The number of aromatic nitrogens is 3. The maximum Gasteiger partial charge on any atom is 0.213 e. The molecule has 0 aliphatic heterocycles. The minimum Gasteiger partial charge on any atom is -0.481 e. The van der Waals surface area contributed by atoms with Gasteiger partial charge in [0.1, 0.15) is 0 Å². The lowest BCUT2D eigenvalue weighted by atomic mass is 10.2. The predicted octanol–water partition coefficient (Wildman–Crippen LogP) is 1.83. The third-order valence-corrected chi connectivity index (χ3v) is 2.89. The van der Waals surface area contributed by atoms with Crippen molar-refractivity contribution < 1.29 is 4.74 Å². The molecule has 0 saturated heterocycles. The number of pyridine rings is 1. The van der Waals surface area contributed by atoms with E-state index in [-0.39, 0.29) is 0 Å². The van der Waals surface area contributed by atoms with E-state index >= 15 is 0 Å². The van der Waals surface area contributed by atoms with Crippen LogP contribution in [0.2, 0.25) is 0 Å². The van der Waals surface area contributed by atoms with Crippen molar-refractivity contribution in [2.75, 3.05) is 13.7 Å². The van der Waals surface area contributed by atoms with Crippen LogP contribution in [0.15, 0.2) is 30.9 Å². The summed E-state index contributed by atoms with van der Waals surface area (Å²) in [6, 6.07) is 3.94. The minimum atomic E-state index is 0.642. The van der Waals surface area contributed by atoms with Crippen molar-refractivity contribution in [3.05, 3.63) is 42.1 Å². The summed E-state index contributed by atoms with van der Waals surface area (Å²) in [5.41, 5.74) is 2.34. The predicted molar refractivity (Wildman–Crippen MR) is 74.1 cm³/mol. The Morgan fingerprint density at radius 1 is 1.42 bits per heavy atom. The highest BCUT2D eigenvalue weighted by molar-refractivity contribution is 5.21. The van der Waals surface area contributed by atoms with Crippen LogP contribution in [0.4, 0.5) is 0 Å². The number of nitrogens with zero attached hydrogens (tertiary/aromatic N) is 3. The molecule has 0 atom stereocenters. The van der Waals surface area contributed by atoms with Gasteiger partial charge < -0.3 is 14.6 Å². The normalized spacial score (nSPS) is 10.6. The summed E-state index contributed by atoms with van der Waals surface area (Å²) in [6.45, 7) is 4.81. The van der Waals surface area contributed by atoms with Gasteiger partial charge in [0, 0.05) is 31.5 Å². The van der Waals surface area contributed by atoms with Gasteiger partial charge in [0.2, 0.25) is 5.88 Å². The van der Waals surface area contributed by atoms with Gasteiger partial charge in [-0.15, -0.1) is 0 Å². The van der Waals surface area contributed by atoms with Crippen LogP contribution < -0.4 is 10.1 Å². The van der Waals surface area contributed by atoms with Gasteiger partial charge in [-0.2, -0.15) is 0 Å². The van der Waals surface area contributed by atoms with E-state index in [4.69, 9.17) is 4.74 Å². The SMILES string of the molecule is CCCNCc1cncn1Cc1ccnc(OC)c1. The van der Waals surface area contributed by atoms with Gasteiger partial charge in [0.05, 0.1) is 19.1 Å². The Morgan fingerprint density at radius 2 is 2.32 bits per heavy atom. The number of nitrogens with one attached hydrogen (secondary N) is 1. The molecule has 0 aliphatic carbocycles. The van der Waals surface area contributed by atoms with Crippen LogP contribution in [0.3, 0.4) is 0 Å². The average molecular weight is 260 g/mol. The zero-order chi connectivity index (χ0) is 13.5. The summed E-state index contributed by atoms with van der Waals surface area (Å²) >= 11 is 0. The second kappa shape index (κ2) is 6.89. The van der Waals surface area contributed by atoms with Crippen LogP contribution in [0.5, 0.6) is 5.88 Å². The number of methoxy groups -OCH3 is 1. The second-order valence-corrected chi connectivity index (χ2v) is 4.40. The van der Waals surface area contributed by atoms with Gasteiger partial charge in [0.15, 0.2) is 0 Å². The van der Waals surface area contributed by atoms with E-state index < -0.39 is 0 Å². The molecule has 0 aliphatic rings. The molecule has 0 aromatic carbocycles. The maximum absolute atomic E-state index is 5.14. The maximum atomic E-state index is 5.14. The summed E-state index contributed by atoms with van der Waals surface area (Å²) < 4.78 is 7.27. The van der Waals surface area contributed by atoms with E-state index in [0.29, 0.717) is 5.88 Å². The number of hydrogen-bond donors (Lipinski definition) is 1. The van der Waals surface area contributed by atoms with Gasteiger partial charge in [-0.25, -0.2) is 9.97 Å². The zero-order valence-corrected chi connectivity index (χ0v) is 11.5. The van der Waals surface area contributed by atoms with Gasteiger partial charge in [-0.05, 0) is 24.6 Å². The van der Waals surface area contributed by atoms with Gasteiger partial charge in [0.25, 0.3) is 0 Å². The van der Waals surface area contributed by atoms with Gasteiger partial charge in [-0.1, -0.05) is 6.92 Å². The molecule has 0 radical (unpaired) electrons. The van der Waals surface area contributed by atoms with Crippen molar-refractivity contribution in [2.45, 2.75) is 26.4 Å². The molecule has 0 fully saturated rings. The fourth-order valence-corrected chi connectivity index (χ4v) is 1.89. The molecule has 102 valence electrons. The van der Waals surface area contributed by atoms with E-state index in [1.165, 1.54) is 5.69 Å². The molecule has 0 bridgehead atoms. The third kappa shape index (κ3) is 3.79. The monoisotopic (exact) mass is 260 g/mol. The Balaban J connectivity index is 2.03. The highest BCUT2D eigenvalue weighted by Crippen LogP contribution is 2.11. The zero-order valence-electron chi connectivity index (χ0n) is 11.5. The topological polar surface area (TPSA) is 52.0 Å². The minimum absolute atomic E-state index is 0.642. The lowest BCUT2D eigenvalue weighted by molar-refractivity contribution is 0.397. The van der Waals surface area contributed by atoms with Crippen LogP contribution in [-0.4, -0.2) is 28.2 Å². The molecule has 2 aromatic rings. The second-order valence-electron chi connectivity index (χ2n) is 4.40. The molecule has 0 amide bonds. The van der Waals surface area contributed by atoms with E-state index in [2.05, 4.69) is 26.8 Å². The molecule has 2 aromatic heterocycles. The molecule has 0 unspecified atom stereocenters. The molecule has 0 spiro atoms. The number of imidazole rings is 1. The molecule has 19 heavy (non-hydrogen) atoms. The molecular formula is C14H20N4O. The number of hydrogen-bond acceptors (Lipinski definition) is 4. The fraction of sp³-hybridized carbons (Fsp3) is 0.429. The first kappa shape index (κ1) is 13.5. The Kier molecular flexibility index (Phi) is 4.92. The van der Waals surface area contributed by atoms with Crippen LogP contribution >= 0.6 is 0 Å². The van der Waals surface area contributed by atoms with E-state index in [1.54, 1.807) is 13.3 Å².